The van der Waals surface area contributed by atoms with Crippen LogP contribution in [0.5, 0.6) is 0 Å². The minimum Gasteiger partial charge on any atom is -0.290 e. The molecule has 0 aliphatic heterocycles. The fourth-order valence-electron chi connectivity index (χ4n) is 7.35. The average Bonchev–Trinajstić information content (AvgIpc) is 3.07. The first-order valence-corrected chi connectivity index (χ1v) is 11.1. The van der Waals surface area contributed by atoms with E-state index in [0.29, 0.717) is 23.7 Å². The average molecular weight is 410 g/mol. The van der Waals surface area contributed by atoms with Gasteiger partial charge in [0.2, 0.25) is 0 Å². The molecule has 1 unspecified atom stereocenters. The smallest absolute Gasteiger partial charge is 0.265 e. The Morgan fingerprint density at radius 3 is 2.77 bits per heavy atom. The van der Waals surface area contributed by atoms with E-state index in [9.17, 15) is 13.6 Å². The number of aromatic nitrogens is 1. The fraction of sp³-hybridized carbons (Fsp3) is 0.538. The van der Waals surface area contributed by atoms with Crippen LogP contribution in [0.15, 0.2) is 48.3 Å². The summed E-state index contributed by atoms with van der Waals surface area (Å²) in [4.78, 5) is 16.2. The summed E-state index contributed by atoms with van der Waals surface area (Å²) >= 11 is 0. The minimum atomic E-state index is -2.50. The predicted octanol–water partition coefficient (Wildman–Crippen LogP) is 6.57. The first kappa shape index (κ1) is 19.8. The molecule has 30 heavy (non-hydrogen) atoms. The Balaban J connectivity index is 1.49. The highest BCUT2D eigenvalue weighted by Gasteiger charge is 2.57. The maximum atomic E-state index is 13.3. The van der Waals surface area contributed by atoms with Crippen LogP contribution in [0.4, 0.5) is 8.78 Å². The van der Waals surface area contributed by atoms with Crippen molar-refractivity contribution in [3.8, 4) is 0 Å². The molecule has 0 radical (unpaired) electrons. The van der Waals surface area contributed by atoms with E-state index in [0.717, 1.165) is 31.2 Å². The third-order valence-electron chi connectivity index (χ3n) is 8.78. The molecule has 5 rings (SSSR count). The third kappa shape index (κ3) is 2.72. The zero-order valence-electron chi connectivity index (χ0n) is 17.9. The van der Waals surface area contributed by atoms with Crippen LogP contribution in [0.2, 0.25) is 0 Å². The quantitative estimate of drug-likeness (QED) is 0.553. The number of alkyl halides is 2. The number of halogens is 2. The molecule has 1 heterocycles. The molecule has 0 spiro atoms. The van der Waals surface area contributed by atoms with Crippen LogP contribution in [0.3, 0.4) is 0 Å². The molecule has 4 heteroatoms. The summed E-state index contributed by atoms with van der Waals surface area (Å²) < 4.78 is 26.5. The molecule has 0 bridgehead atoms. The number of carbonyl (C=O) groups excluding carboxylic acids is 1. The summed E-state index contributed by atoms with van der Waals surface area (Å²) in [7, 11) is 0. The highest BCUT2D eigenvalue weighted by Crippen LogP contribution is 2.66. The molecule has 2 fully saturated rings. The van der Waals surface area contributed by atoms with E-state index in [1.807, 2.05) is 6.08 Å². The van der Waals surface area contributed by atoms with Gasteiger partial charge in [0.15, 0.2) is 5.78 Å². The van der Waals surface area contributed by atoms with Gasteiger partial charge in [0.1, 0.15) is 0 Å². The second kappa shape index (κ2) is 6.70. The molecule has 158 valence electrons. The van der Waals surface area contributed by atoms with Crippen molar-refractivity contribution in [3.63, 3.8) is 0 Å². The molecule has 0 aromatic carbocycles. The molecule has 0 N–H and O–H groups in total. The summed E-state index contributed by atoms with van der Waals surface area (Å²) in [5.74, 6) is 2.11. The summed E-state index contributed by atoms with van der Waals surface area (Å²) in [5.41, 5.74) is 3.32. The van der Waals surface area contributed by atoms with E-state index >= 15 is 0 Å². The maximum absolute atomic E-state index is 13.3. The lowest BCUT2D eigenvalue weighted by Crippen LogP contribution is -2.50. The summed E-state index contributed by atoms with van der Waals surface area (Å²) in [6, 6.07) is 1.63. The molecule has 0 amide bonds. The number of fused-ring (bicyclic) bond motifs is 5. The van der Waals surface area contributed by atoms with Crippen molar-refractivity contribution in [2.45, 2.75) is 52.9 Å². The van der Waals surface area contributed by atoms with Gasteiger partial charge in [-0.05, 0) is 84.1 Å². The Morgan fingerprint density at radius 1 is 1.20 bits per heavy atom. The van der Waals surface area contributed by atoms with Crippen molar-refractivity contribution in [2.75, 3.05) is 0 Å². The van der Waals surface area contributed by atoms with E-state index in [-0.39, 0.29) is 22.2 Å². The van der Waals surface area contributed by atoms with Gasteiger partial charge in [-0.15, -0.1) is 0 Å². The summed E-state index contributed by atoms with van der Waals surface area (Å²) in [5, 5.41) is 0. The predicted molar refractivity (Wildman–Crippen MR) is 114 cm³/mol. The molecule has 0 saturated heterocycles. The lowest BCUT2D eigenvalue weighted by molar-refractivity contribution is -0.111. The van der Waals surface area contributed by atoms with Gasteiger partial charge >= 0.3 is 0 Å². The first-order chi connectivity index (χ1) is 14.2. The SMILES string of the molecule is CC1C[C@@H]2[C@H](CC[C@]3(C)C(c4cncc(C(F)F)c4)=CC[C@@H]23)[C@@]2(C)C=CC(=O)C=C12. The van der Waals surface area contributed by atoms with Crippen molar-refractivity contribution in [2.24, 2.45) is 34.5 Å². The van der Waals surface area contributed by atoms with Gasteiger partial charge in [0, 0.05) is 23.4 Å². The fourth-order valence-corrected chi connectivity index (χ4v) is 7.35. The Kier molecular flexibility index (Phi) is 4.43. The largest absolute Gasteiger partial charge is 0.290 e. The Bertz CT molecular complexity index is 993. The number of nitrogens with zero attached hydrogens (tertiary/aromatic N) is 1. The number of carbonyl (C=O) groups is 1. The number of hydrogen-bond acceptors (Lipinski definition) is 2. The molecule has 1 aromatic heterocycles. The second-order valence-corrected chi connectivity index (χ2v) is 10.2. The Morgan fingerprint density at radius 2 is 2.00 bits per heavy atom. The number of rotatable bonds is 2. The van der Waals surface area contributed by atoms with E-state index in [4.69, 9.17) is 0 Å². The highest BCUT2D eigenvalue weighted by atomic mass is 19.3. The Labute approximate surface area is 177 Å². The minimum absolute atomic E-state index is 0.000255. The van der Waals surface area contributed by atoms with Crippen molar-refractivity contribution < 1.29 is 13.6 Å². The zero-order valence-corrected chi connectivity index (χ0v) is 17.9. The molecule has 4 aliphatic carbocycles. The van der Waals surface area contributed by atoms with Crippen LogP contribution in [-0.4, -0.2) is 10.8 Å². The number of pyridine rings is 1. The van der Waals surface area contributed by atoms with Gasteiger partial charge in [-0.3, -0.25) is 9.78 Å². The van der Waals surface area contributed by atoms with E-state index in [1.54, 1.807) is 18.3 Å². The number of hydrogen-bond donors (Lipinski definition) is 0. The van der Waals surface area contributed by atoms with E-state index in [2.05, 4.69) is 37.9 Å². The van der Waals surface area contributed by atoms with Crippen molar-refractivity contribution in [1.29, 1.82) is 0 Å². The molecule has 2 nitrogen and oxygen atoms in total. The Hall–Kier alpha value is -2.10. The number of ketones is 1. The third-order valence-corrected chi connectivity index (χ3v) is 8.78. The van der Waals surface area contributed by atoms with Gasteiger partial charge in [-0.1, -0.05) is 38.5 Å². The van der Waals surface area contributed by atoms with Crippen LogP contribution >= 0.6 is 0 Å². The van der Waals surface area contributed by atoms with Crippen molar-refractivity contribution in [1.82, 2.24) is 4.98 Å². The molecule has 4 aliphatic rings. The second-order valence-electron chi connectivity index (χ2n) is 10.2. The highest BCUT2D eigenvalue weighted by molar-refractivity contribution is 6.01. The van der Waals surface area contributed by atoms with Gasteiger partial charge in [-0.2, -0.15) is 0 Å². The summed E-state index contributed by atoms with van der Waals surface area (Å²) in [6.45, 7) is 6.91. The van der Waals surface area contributed by atoms with Crippen molar-refractivity contribution >= 4 is 11.4 Å². The maximum Gasteiger partial charge on any atom is 0.265 e. The van der Waals surface area contributed by atoms with Crippen molar-refractivity contribution in [3.05, 3.63) is 59.5 Å². The standard InChI is InChI=1S/C26H29F2NO/c1-15-10-19-21-5-4-20(16-11-17(24(27)28)14-29-13-16)25(21,2)9-7-22(19)26(3)8-6-18(30)12-23(15)26/h4,6,8,11-15,19,21-22,24H,5,7,9-10H2,1-3H3/t15?,19-,21-,22-,25+,26+/m0/s1. The van der Waals surface area contributed by atoms with E-state index in [1.165, 1.54) is 17.3 Å². The van der Waals surface area contributed by atoms with Gasteiger partial charge in [0.25, 0.3) is 6.43 Å². The van der Waals surface area contributed by atoms with Crippen LogP contribution in [0, 0.1) is 34.5 Å². The van der Waals surface area contributed by atoms with Gasteiger partial charge < -0.3 is 0 Å². The van der Waals surface area contributed by atoms with Crippen LogP contribution in [-0.2, 0) is 4.79 Å². The normalized spacial score (nSPS) is 39.9. The molecule has 6 atom stereocenters. The van der Waals surface area contributed by atoms with Gasteiger partial charge in [0.05, 0.1) is 0 Å². The van der Waals surface area contributed by atoms with Crippen LogP contribution in [0.1, 0.15) is 64.0 Å². The molecule has 1 aromatic rings. The lowest BCUT2D eigenvalue weighted by atomic mass is 9.46. The van der Waals surface area contributed by atoms with Crippen LogP contribution < -0.4 is 0 Å². The van der Waals surface area contributed by atoms with E-state index < -0.39 is 6.43 Å². The monoisotopic (exact) mass is 409 g/mol. The van der Waals surface area contributed by atoms with Crippen LogP contribution in [0.25, 0.3) is 5.57 Å². The topological polar surface area (TPSA) is 30.0 Å². The number of allylic oxidation sites excluding steroid dienone is 6. The first-order valence-electron chi connectivity index (χ1n) is 11.1. The molecule has 2 saturated carbocycles. The summed E-state index contributed by atoms with van der Waals surface area (Å²) in [6.07, 6.45) is 12.9. The molecular formula is C26H29F2NO. The van der Waals surface area contributed by atoms with Gasteiger partial charge in [-0.25, -0.2) is 8.78 Å². The lowest BCUT2D eigenvalue weighted by Gasteiger charge is -2.58. The zero-order chi connectivity index (χ0) is 21.3. The molecular weight excluding hydrogens is 380 g/mol.